The van der Waals surface area contributed by atoms with Gasteiger partial charge in [0, 0.05) is 6.92 Å². The van der Waals surface area contributed by atoms with E-state index in [2.05, 4.69) is 9.97 Å². The number of aliphatic carboxylic acids is 1. The smallest absolute Gasteiger partial charge is 0.430 e. The number of aromatic nitrogens is 2. The Hall–Kier alpha value is -1.66. The van der Waals surface area contributed by atoms with Crippen LogP contribution in [0.25, 0.3) is 0 Å². The highest BCUT2D eigenvalue weighted by Crippen LogP contribution is 2.11. The fourth-order valence-electron chi connectivity index (χ4n) is 0.491. The summed E-state index contributed by atoms with van der Waals surface area (Å²) in [6.07, 6.45) is -1.50. The highest BCUT2D eigenvalue weighted by Gasteiger charge is 2.28. The number of carbonyl (C=O) groups excluding carboxylic acids is 1. The molecule has 1 aromatic rings. The number of rotatable bonds is 0. The molecule has 0 aliphatic carbocycles. The molecular weight excluding hydrogens is 213 g/mol. The lowest BCUT2D eigenvalue weighted by Crippen LogP contribution is -2.37. The lowest BCUT2D eigenvalue weighted by molar-refractivity contribution is -0.389. The number of hydrogen-bond acceptors (Lipinski definition) is 3. The van der Waals surface area contributed by atoms with Crippen molar-refractivity contribution in [1.29, 1.82) is 0 Å². The second-order valence-electron chi connectivity index (χ2n) is 2.66. The molecule has 0 fully saturated rings. The summed E-state index contributed by atoms with van der Waals surface area (Å²) in [5.41, 5.74) is 2.12. The van der Waals surface area contributed by atoms with Gasteiger partial charge >= 0.3 is 6.18 Å². The SMILES string of the molecule is Cc1c[nH+]c(C)cn1.O=C([O-])C(F)(F)F. The number of halogens is 3. The van der Waals surface area contributed by atoms with Crippen LogP contribution in [-0.4, -0.2) is 17.1 Å². The molecule has 0 spiro atoms. The van der Waals surface area contributed by atoms with E-state index in [1.807, 2.05) is 26.2 Å². The molecule has 0 radical (unpaired) electrons. The number of carboxylic acids is 1. The largest absolute Gasteiger partial charge is 0.542 e. The Bertz CT molecular complexity index is 301. The third kappa shape index (κ3) is 6.42. The number of alkyl halides is 3. The monoisotopic (exact) mass is 222 g/mol. The van der Waals surface area contributed by atoms with Crippen molar-refractivity contribution in [2.24, 2.45) is 0 Å². The minimum atomic E-state index is -5.19. The molecule has 4 nitrogen and oxygen atoms in total. The molecule has 7 heteroatoms. The summed E-state index contributed by atoms with van der Waals surface area (Å²) >= 11 is 0. The number of aryl methyl sites for hydroxylation is 2. The van der Waals surface area contributed by atoms with E-state index in [0.29, 0.717) is 0 Å². The highest BCUT2D eigenvalue weighted by molar-refractivity contribution is 5.70. The zero-order valence-corrected chi connectivity index (χ0v) is 8.05. The van der Waals surface area contributed by atoms with Gasteiger partial charge in [0.05, 0.1) is 6.20 Å². The van der Waals surface area contributed by atoms with Gasteiger partial charge in [-0.2, -0.15) is 13.2 Å². The third-order valence-electron chi connectivity index (χ3n) is 1.20. The van der Waals surface area contributed by atoms with Gasteiger partial charge in [0.2, 0.25) is 0 Å². The first kappa shape index (κ1) is 13.3. The molecule has 1 aromatic heterocycles. The van der Waals surface area contributed by atoms with E-state index < -0.39 is 12.1 Å². The molecule has 0 unspecified atom stereocenters. The van der Waals surface area contributed by atoms with Gasteiger partial charge in [0.15, 0.2) is 11.9 Å². The lowest BCUT2D eigenvalue weighted by Gasteiger charge is -2.03. The summed E-state index contributed by atoms with van der Waals surface area (Å²) in [5.74, 6) is -3.01. The van der Waals surface area contributed by atoms with Crippen LogP contribution in [-0.2, 0) is 4.79 Å². The van der Waals surface area contributed by atoms with Crippen molar-refractivity contribution in [2.75, 3.05) is 0 Å². The van der Waals surface area contributed by atoms with Crippen LogP contribution in [0, 0.1) is 13.8 Å². The van der Waals surface area contributed by atoms with Crippen molar-refractivity contribution in [3.05, 3.63) is 23.8 Å². The Morgan fingerprint density at radius 1 is 1.47 bits per heavy atom. The Labute approximate surface area is 83.8 Å². The third-order valence-corrected chi connectivity index (χ3v) is 1.20. The van der Waals surface area contributed by atoms with E-state index in [1.54, 1.807) is 0 Å². The molecule has 0 aliphatic rings. The van der Waals surface area contributed by atoms with Crippen molar-refractivity contribution in [3.63, 3.8) is 0 Å². The maximum Gasteiger partial charge on any atom is 0.430 e. The second-order valence-corrected chi connectivity index (χ2v) is 2.66. The van der Waals surface area contributed by atoms with E-state index >= 15 is 0 Å². The van der Waals surface area contributed by atoms with Crippen LogP contribution in [0.1, 0.15) is 11.4 Å². The quantitative estimate of drug-likeness (QED) is 0.611. The summed E-state index contributed by atoms with van der Waals surface area (Å²) < 4.78 is 31.5. The van der Waals surface area contributed by atoms with E-state index in [4.69, 9.17) is 9.90 Å². The van der Waals surface area contributed by atoms with Crippen molar-refractivity contribution < 1.29 is 28.1 Å². The Kier molecular flexibility index (Phi) is 4.69. The van der Waals surface area contributed by atoms with Gasteiger partial charge in [-0.25, -0.2) is 9.97 Å². The maximum atomic E-state index is 10.5. The normalized spacial score (nSPS) is 10.2. The molecule has 0 bridgehead atoms. The van der Waals surface area contributed by atoms with Gasteiger partial charge in [0.1, 0.15) is 11.7 Å². The average Bonchev–Trinajstić information content (AvgIpc) is 2.09. The number of nitrogens with one attached hydrogen (secondary N) is 1. The zero-order valence-electron chi connectivity index (χ0n) is 8.05. The summed E-state index contributed by atoms with van der Waals surface area (Å²) in [6, 6.07) is 0. The zero-order chi connectivity index (χ0) is 12.1. The number of carboxylic acid groups (broad SMARTS) is 1. The summed E-state index contributed by atoms with van der Waals surface area (Å²) in [4.78, 5) is 15.9. The van der Waals surface area contributed by atoms with Gasteiger partial charge < -0.3 is 9.90 Å². The van der Waals surface area contributed by atoms with E-state index in [9.17, 15) is 13.2 Å². The molecule has 1 heterocycles. The van der Waals surface area contributed by atoms with Crippen LogP contribution in [0.15, 0.2) is 12.4 Å². The van der Waals surface area contributed by atoms with E-state index in [1.165, 1.54) is 0 Å². The minimum absolute atomic E-state index is 1.02. The fourth-order valence-corrected chi connectivity index (χ4v) is 0.491. The van der Waals surface area contributed by atoms with Crippen molar-refractivity contribution >= 4 is 5.97 Å². The summed E-state index contributed by atoms with van der Waals surface area (Å²) in [6.45, 7) is 3.93. The number of H-pyrrole nitrogens is 1. The van der Waals surface area contributed by atoms with Gasteiger partial charge in [-0.3, -0.25) is 0 Å². The fraction of sp³-hybridized carbons (Fsp3) is 0.375. The predicted octanol–water partition coefficient (Wildman–Crippen LogP) is -0.189. The van der Waals surface area contributed by atoms with Gasteiger partial charge in [0.25, 0.3) is 0 Å². The Morgan fingerprint density at radius 3 is 2.13 bits per heavy atom. The Morgan fingerprint density at radius 2 is 1.93 bits per heavy atom. The van der Waals surface area contributed by atoms with Crippen LogP contribution in [0.3, 0.4) is 0 Å². The van der Waals surface area contributed by atoms with Crippen LogP contribution in [0.5, 0.6) is 0 Å². The minimum Gasteiger partial charge on any atom is -0.542 e. The van der Waals surface area contributed by atoms with Crippen molar-refractivity contribution in [2.45, 2.75) is 20.0 Å². The predicted molar refractivity (Wildman–Crippen MR) is 41.3 cm³/mol. The Balaban J connectivity index is 0.000000265. The van der Waals surface area contributed by atoms with Crippen LogP contribution >= 0.6 is 0 Å². The average molecular weight is 222 g/mol. The van der Waals surface area contributed by atoms with E-state index in [-0.39, 0.29) is 0 Å². The molecular formula is C8H9F3N2O2. The molecule has 0 aromatic carbocycles. The number of nitrogens with zero attached hydrogens (tertiary/aromatic N) is 1. The standard InChI is InChI=1S/C6H8N2.C2HF3O2/c1-5-3-8-6(2)4-7-5;3-2(4,5)1(6)7/h3-4H,1-2H3;(H,6,7). The molecule has 0 atom stereocenters. The van der Waals surface area contributed by atoms with Gasteiger partial charge in [-0.15, -0.1) is 0 Å². The van der Waals surface area contributed by atoms with E-state index in [0.717, 1.165) is 11.4 Å². The van der Waals surface area contributed by atoms with Crippen LogP contribution in [0.4, 0.5) is 13.2 Å². The molecule has 0 saturated heterocycles. The lowest BCUT2D eigenvalue weighted by atomic mass is 10.5. The molecule has 0 aliphatic heterocycles. The first-order valence-corrected chi connectivity index (χ1v) is 3.82. The van der Waals surface area contributed by atoms with Crippen LogP contribution < -0.4 is 10.1 Å². The van der Waals surface area contributed by atoms with Crippen molar-refractivity contribution in [3.8, 4) is 0 Å². The molecule has 0 amide bonds. The van der Waals surface area contributed by atoms with Gasteiger partial charge in [-0.05, 0) is 6.92 Å². The molecule has 84 valence electrons. The van der Waals surface area contributed by atoms with Gasteiger partial charge in [-0.1, -0.05) is 0 Å². The second kappa shape index (κ2) is 5.28. The first-order chi connectivity index (χ1) is 6.73. The molecule has 1 N–H and O–H groups in total. The van der Waals surface area contributed by atoms with Crippen molar-refractivity contribution in [1.82, 2.24) is 4.98 Å². The maximum absolute atomic E-state index is 10.5. The highest BCUT2D eigenvalue weighted by atomic mass is 19.4. The number of hydrogen-bond donors (Lipinski definition) is 0. The van der Waals surface area contributed by atoms with Crippen LogP contribution in [0.2, 0.25) is 0 Å². The number of carbonyl (C=O) groups is 1. The molecule has 1 rings (SSSR count). The summed E-state index contributed by atoms with van der Waals surface area (Å²) in [7, 11) is 0. The molecule has 0 saturated carbocycles. The first-order valence-electron chi connectivity index (χ1n) is 3.82. The summed E-state index contributed by atoms with van der Waals surface area (Å²) in [5, 5.41) is 8.78. The molecule has 15 heavy (non-hydrogen) atoms. The number of aromatic amines is 1. The topological polar surface area (TPSA) is 67.2 Å².